The summed E-state index contributed by atoms with van der Waals surface area (Å²) >= 11 is 5.44. The van der Waals surface area contributed by atoms with Gasteiger partial charge in [-0.15, -0.1) is 0 Å². The number of para-hydroxylation sites is 1. The maximum atomic E-state index is 12.4. The van der Waals surface area contributed by atoms with Crippen LogP contribution in [0.25, 0.3) is 0 Å². The van der Waals surface area contributed by atoms with Gasteiger partial charge < -0.3 is 19.7 Å². The summed E-state index contributed by atoms with van der Waals surface area (Å²) < 4.78 is 11.2. The second kappa shape index (κ2) is 4.87. The van der Waals surface area contributed by atoms with Gasteiger partial charge in [-0.05, 0) is 32.1 Å². The molecule has 5 nitrogen and oxygen atoms in total. The molecule has 1 saturated heterocycles. The molecule has 0 aliphatic carbocycles. The Bertz CT molecular complexity index is 606. The van der Waals surface area contributed by atoms with Gasteiger partial charge in [-0.25, -0.2) is 0 Å². The number of esters is 1. The highest BCUT2D eigenvalue weighted by Crippen LogP contribution is 2.48. The van der Waals surface area contributed by atoms with Gasteiger partial charge in [0.25, 0.3) is 0 Å². The molecule has 21 heavy (non-hydrogen) atoms. The van der Waals surface area contributed by atoms with E-state index in [0.29, 0.717) is 11.7 Å². The van der Waals surface area contributed by atoms with Crippen LogP contribution in [0.3, 0.4) is 0 Å². The third kappa shape index (κ3) is 1.89. The zero-order valence-electron chi connectivity index (χ0n) is 12.3. The highest BCUT2D eigenvalue weighted by Gasteiger charge is 2.58. The van der Waals surface area contributed by atoms with E-state index in [-0.39, 0.29) is 12.0 Å². The molecule has 0 spiro atoms. The summed E-state index contributed by atoms with van der Waals surface area (Å²) in [6.07, 6.45) is 0. The highest BCUT2D eigenvalue weighted by atomic mass is 32.1. The maximum Gasteiger partial charge on any atom is 0.317 e. The van der Waals surface area contributed by atoms with Crippen LogP contribution in [0.2, 0.25) is 0 Å². The minimum atomic E-state index is -0.844. The summed E-state index contributed by atoms with van der Waals surface area (Å²) in [4.78, 5) is 14.3. The van der Waals surface area contributed by atoms with E-state index < -0.39 is 11.6 Å². The Balaban J connectivity index is 2.18. The molecule has 2 heterocycles. The smallest absolute Gasteiger partial charge is 0.317 e. The van der Waals surface area contributed by atoms with Crippen molar-refractivity contribution in [2.24, 2.45) is 5.92 Å². The molecule has 0 saturated carbocycles. The Morgan fingerprint density at radius 3 is 2.90 bits per heavy atom. The van der Waals surface area contributed by atoms with Crippen molar-refractivity contribution in [3.8, 4) is 5.75 Å². The van der Waals surface area contributed by atoms with Crippen LogP contribution in [0, 0.1) is 5.92 Å². The summed E-state index contributed by atoms with van der Waals surface area (Å²) in [6.45, 7) is 4.52. The molecule has 2 bridgehead atoms. The van der Waals surface area contributed by atoms with Crippen LogP contribution in [-0.4, -0.2) is 35.4 Å². The SMILES string of the molecule is CCN1C(=S)NC2c3ccccc3OC1(C)C2C(=O)OC. The van der Waals surface area contributed by atoms with Crippen molar-refractivity contribution in [3.63, 3.8) is 0 Å². The number of nitrogens with zero attached hydrogens (tertiary/aromatic N) is 1. The number of rotatable bonds is 2. The van der Waals surface area contributed by atoms with Crippen molar-refractivity contribution in [1.29, 1.82) is 0 Å². The van der Waals surface area contributed by atoms with Gasteiger partial charge in [-0.1, -0.05) is 18.2 Å². The van der Waals surface area contributed by atoms with Crippen molar-refractivity contribution in [2.45, 2.75) is 25.6 Å². The Kier molecular flexibility index (Phi) is 3.28. The van der Waals surface area contributed by atoms with Crippen molar-refractivity contribution >= 4 is 23.3 Å². The molecule has 112 valence electrons. The van der Waals surface area contributed by atoms with E-state index >= 15 is 0 Å². The van der Waals surface area contributed by atoms with E-state index in [1.54, 1.807) is 0 Å². The molecule has 0 aromatic heterocycles. The molecular weight excluding hydrogens is 288 g/mol. The van der Waals surface area contributed by atoms with Crippen LogP contribution in [-0.2, 0) is 9.53 Å². The van der Waals surface area contributed by atoms with E-state index in [9.17, 15) is 4.79 Å². The molecule has 1 aromatic carbocycles. The van der Waals surface area contributed by atoms with Gasteiger partial charge in [-0.2, -0.15) is 0 Å². The molecule has 0 amide bonds. The monoisotopic (exact) mass is 306 g/mol. The molecule has 1 N–H and O–H groups in total. The lowest BCUT2D eigenvalue weighted by Gasteiger charge is -2.55. The fourth-order valence-corrected chi connectivity index (χ4v) is 3.78. The highest BCUT2D eigenvalue weighted by molar-refractivity contribution is 7.80. The number of thiocarbonyl (C=S) groups is 1. The van der Waals surface area contributed by atoms with E-state index in [4.69, 9.17) is 21.7 Å². The summed E-state index contributed by atoms with van der Waals surface area (Å²) in [6, 6.07) is 7.48. The van der Waals surface area contributed by atoms with Gasteiger partial charge in [0.1, 0.15) is 11.7 Å². The summed E-state index contributed by atoms with van der Waals surface area (Å²) in [5.41, 5.74) is 0.0897. The van der Waals surface area contributed by atoms with Crippen LogP contribution in [0.4, 0.5) is 0 Å². The topological polar surface area (TPSA) is 50.8 Å². The normalized spacial score (nSPS) is 30.0. The quantitative estimate of drug-likeness (QED) is 0.664. The van der Waals surface area contributed by atoms with Gasteiger partial charge in [0.2, 0.25) is 0 Å². The zero-order chi connectivity index (χ0) is 15.2. The maximum absolute atomic E-state index is 12.4. The number of hydrogen-bond donors (Lipinski definition) is 1. The lowest BCUT2D eigenvalue weighted by atomic mass is 9.79. The number of carbonyl (C=O) groups is 1. The van der Waals surface area contributed by atoms with E-state index in [2.05, 4.69) is 5.32 Å². The lowest BCUT2D eigenvalue weighted by molar-refractivity contribution is -0.172. The minimum Gasteiger partial charge on any atom is -0.469 e. The number of benzene rings is 1. The van der Waals surface area contributed by atoms with Gasteiger partial charge in [-0.3, -0.25) is 4.79 Å². The lowest BCUT2D eigenvalue weighted by Crippen LogP contribution is -2.71. The first-order valence-electron chi connectivity index (χ1n) is 6.96. The van der Waals surface area contributed by atoms with E-state index in [1.807, 2.05) is 43.0 Å². The molecule has 3 atom stereocenters. The molecule has 3 unspecified atom stereocenters. The summed E-state index contributed by atoms with van der Waals surface area (Å²) in [5, 5.41) is 3.87. The van der Waals surface area contributed by atoms with Gasteiger partial charge >= 0.3 is 5.97 Å². The standard InChI is InChI=1S/C15H18N2O3S/c1-4-17-14(21)16-12-9-7-5-6-8-10(9)20-15(17,2)11(12)13(18)19-3/h5-8,11-12H,4H2,1-3H3,(H,16,21). The van der Waals surface area contributed by atoms with Crippen LogP contribution in [0.1, 0.15) is 25.5 Å². The van der Waals surface area contributed by atoms with Crippen molar-refractivity contribution in [2.75, 3.05) is 13.7 Å². The van der Waals surface area contributed by atoms with Gasteiger partial charge in [0, 0.05) is 12.1 Å². The Hall–Kier alpha value is -1.82. The fourth-order valence-electron chi connectivity index (χ4n) is 3.34. The predicted molar refractivity (Wildman–Crippen MR) is 81.8 cm³/mol. The predicted octanol–water partition coefficient (Wildman–Crippen LogP) is 1.84. The zero-order valence-corrected chi connectivity index (χ0v) is 13.1. The third-order valence-electron chi connectivity index (χ3n) is 4.31. The Morgan fingerprint density at radius 2 is 2.24 bits per heavy atom. The number of carbonyl (C=O) groups excluding carboxylic acids is 1. The van der Waals surface area contributed by atoms with Gasteiger partial charge in [0.15, 0.2) is 10.8 Å². The average Bonchev–Trinajstić information content (AvgIpc) is 2.46. The largest absolute Gasteiger partial charge is 0.469 e. The van der Waals surface area contributed by atoms with Gasteiger partial charge in [0.05, 0.1) is 13.2 Å². The third-order valence-corrected chi connectivity index (χ3v) is 4.65. The molecule has 1 aromatic rings. The molecule has 1 fully saturated rings. The summed E-state index contributed by atoms with van der Waals surface area (Å²) in [7, 11) is 1.40. The second-order valence-corrected chi connectivity index (χ2v) is 5.75. The second-order valence-electron chi connectivity index (χ2n) is 5.37. The molecule has 0 radical (unpaired) electrons. The van der Waals surface area contributed by atoms with Crippen molar-refractivity contribution in [3.05, 3.63) is 29.8 Å². The number of hydrogen-bond acceptors (Lipinski definition) is 4. The number of fused-ring (bicyclic) bond motifs is 4. The number of methoxy groups -OCH3 is 1. The van der Waals surface area contributed by atoms with Crippen LogP contribution < -0.4 is 10.1 Å². The average molecular weight is 306 g/mol. The Morgan fingerprint density at radius 1 is 1.52 bits per heavy atom. The molecular formula is C15H18N2O3S. The Labute approximate surface area is 129 Å². The molecule has 6 heteroatoms. The number of ether oxygens (including phenoxy) is 2. The van der Waals surface area contributed by atoms with Crippen LogP contribution >= 0.6 is 12.2 Å². The van der Waals surface area contributed by atoms with E-state index in [1.165, 1.54) is 7.11 Å². The first-order chi connectivity index (χ1) is 10.0. The van der Waals surface area contributed by atoms with E-state index in [0.717, 1.165) is 11.3 Å². The van der Waals surface area contributed by atoms with Crippen molar-refractivity contribution < 1.29 is 14.3 Å². The number of nitrogens with one attached hydrogen (secondary N) is 1. The van der Waals surface area contributed by atoms with Crippen LogP contribution in [0.5, 0.6) is 5.75 Å². The molecule has 3 rings (SSSR count). The first kappa shape index (κ1) is 14.1. The fraction of sp³-hybridized carbons (Fsp3) is 0.467. The van der Waals surface area contributed by atoms with Crippen molar-refractivity contribution in [1.82, 2.24) is 10.2 Å². The van der Waals surface area contributed by atoms with Crippen LogP contribution in [0.15, 0.2) is 24.3 Å². The summed E-state index contributed by atoms with van der Waals surface area (Å²) in [5.74, 6) is -0.00638. The molecule has 2 aliphatic rings. The minimum absolute atomic E-state index is 0.234. The molecule has 2 aliphatic heterocycles. The first-order valence-corrected chi connectivity index (χ1v) is 7.37.